The fraction of sp³-hybridized carbons (Fsp3) is 0.615. The number of nitrogen functional groups attached to an aromatic ring is 1. The van der Waals surface area contributed by atoms with E-state index >= 15 is 0 Å². The van der Waals surface area contributed by atoms with Gasteiger partial charge in [-0.15, -0.1) is 0 Å². The number of hydrogen-bond donors (Lipinski definition) is 2. The molecule has 0 amide bonds. The highest BCUT2D eigenvalue weighted by molar-refractivity contribution is 5.87. The molecule has 8 nitrogen and oxygen atoms in total. The Kier molecular flexibility index (Phi) is 3.89. The van der Waals surface area contributed by atoms with Gasteiger partial charge in [-0.1, -0.05) is 0 Å². The summed E-state index contributed by atoms with van der Waals surface area (Å²) in [6.45, 7) is 6.25. The van der Waals surface area contributed by atoms with E-state index < -0.39 is 0 Å². The highest BCUT2D eigenvalue weighted by Gasteiger charge is 2.15. The highest BCUT2D eigenvalue weighted by atomic mass is 15.3. The van der Waals surface area contributed by atoms with Crippen molar-refractivity contribution in [1.29, 1.82) is 0 Å². The van der Waals surface area contributed by atoms with Crippen LogP contribution in [0.1, 0.15) is 0 Å². The first-order valence-corrected chi connectivity index (χ1v) is 7.25. The van der Waals surface area contributed by atoms with Crippen LogP contribution >= 0.6 is 0 Å². The maximum absolute atomic E-state index is 5.76. The number of likely N-dealkylation sites (N-methyl/N-ethyl adjacent to an activating group) is 1. The lowest BCUT2D eigenvalue weighted by atomic mass is 10.3. The maximum atomic E-state index is 5.76. The third kappa shape index (κ3) is 2.91. The Hall–Kier alpha value is -1.93. The maximum Gasteiger partial charge on any atom is 0.224 e. The zero-order valence-electron chi connectivity index (χ0n) is 12.6. The van der Waals surface area contributed by atoms with Crippen LogP contribution in [0.15, 0.2) is 6.20 Å². The SMILES string of the molecule is CNc1nc(N)nc2c1cnn2CCN1CCN(C)CC1. The number of hydrogen-bond acceptors (Lipinski definition) is 7. The molecular weight excluding hydrogens is 268 g/mol. The molecule has 1 aliphatic rings. The molecule has 1 saturated heterocycles. The molecule has 0 saturated carbocycles. The lowest BCUT2D eigenvalue weighted by Gasteiger charge is -2.32. The van der Waals surface area contributed by atoms with E-state index in [2.05, 4.69) is 37.2 Å². The zero-order valence-corrected chi connectivity index (χ0v) is 12.6. The van der Waals surface area contributed by atoms with Crippen LogP contribution in [0.3, 0.4) is 0 Å². The van der Waals surface area contributed by atoms with Gasteiger partial charge in [-0.3, -0.25) is 4.90 Å². The van der Waals surface area contributed by atoms with Gasteiger partial charge in [0.2, 0.25) is 5.95 Å². The molecule has 0 atom stereocenters. The third-order valence-corrected chi connectivity index (χ3v) is 3.97. The lowest BCUT2D eigenvalue weighted by molar-refractivity contribution is 0.149. The lowest BCUT2D eigenvalue weighted by Crippen LogP contribution is -2.45. The smallest absolute Gasteiger partial charge is 0.224 e. The van der Waals surface area contributed by atoms with E-state index in [0.717, 1.165) is 56.1 Å². The molecule has 3 rings (SSSR count). The monoisotopic (exact) mass is 290 g/mol. The molecule has 2 aromatic heterocycles. The third-order valence-electron chi connectivity index (χ3n) is 3.97. The van der Waals surface area contributed by atoms with Gasteiger partial charge in [0.1, 0.15) is 5.82 Å². The number of fused-ring (bicyclic) bond motifs is 1. The van der Waals surface area contributed by atoms with Crippen molar-refractivity contribution in [2.24, 2.45) is 0 Å². The van der Waals surface area contributed by atoms with E-state index in [-0.39, 0.29) is 5.95 Å². The van der Waals surface area contributed by atoms with Crippen molar-refractivity contribution in [3.8, 4) is 0 Å². The van der Waals surface area contributed by atoms with Crippen LogP contribution in [-0.4, -0.2) is 76.4 Å². The Morgan fingerprint density at radius 2 is 1.95 bits per heavy atom. The topological polar surface area (TPSA) is 88.1 Å². The predicted octanol–water partition coefficient (Wildman–Crippen LogP) is -0.302. The molecule has 0 aliphatic carbocycles. The minimum Gasteiger partial charge on any atom is -0.372 e. The fourth-order valence-electron chi connectivity index (χ4n) is 2.63. The summed E-state index contributed by atoms with van der Waals surface area (Å²) in [6, 6.07) is 0. The quantitative estimate of drug-likeness (QED) is 0.799. The van der Waals surface area contributed by atoms with E-state index in [1.54, 1.807) is 6.20 Å². The van der Waals surface area contributed by atoms with Crippen LogP contribution in [0.5, 0.6) is 0 Å². The first-order chi connectivity index (χ1) is 10.2. The van der Waals surface area contributed by atoms with E-state index in [0.29, 0.717) is 0 Å². The molecule has 0 unspecified atom stereocenters. The van der Waals surface area contributed by atoms with Gasteiger partial charge >= 0.3 is 0 Å². The minimum atomic E-state index is 0.271. The molecular formula is C13H22N8. The molecule has 0 radical (unpaired) electrons. The summed E-state index contributed by atoms with van der Waals surface area (Å²) in [5, 5.41) is 8.37. The molecule has 8 heteroatoms. The molecule has 3 heterocycles. The molecule has 2 aromatic rings. The van der Waals surface area contributed by atoms with Crippen molar-refractivity contribution in [3.63, 3.8) is 0 Å². The fourth-order valence-corrected chi connectivity index (χ4v) is 2.63. The van der Waals surface area contributed by atoms with E-state index in [9.17, 15) is 0 Å². The molecule has 0 spiro atoms. The second-order valence-electron chi connectivity index (χ2n) is 5.43. The summed E-state index contributed by atoms with van der Waals surface area (Å²) >= 11 is 0. The van der Waals surface area contributed by atoms with E-state index in [4.69, 9.17) is 5.73 Å². The van der Waals surface area contributed by atoms with Crippen LogP contribution in [-0.2, 0) is 6.54 Å². The van der Waals surface area contributed by atoms with Crippen molar-refractivity contribution in [3.05, 3.63) is 6.20 Å². The first-order valence-electron chi connectivity index (χ1n) is 7.25. The highest BCUT2D eigenvalue weighted by Crippen LogP contribution is 2.20. The molecule has 3 N–H and O–H groups in total. The van der Waals surface area contributed by atoms with Gasteiger partial charge in [0.15, 0.2) is 5.65 Å². The Labute approximate surface area is 123 Å². The second-order valence-corrected chi connectivity index (χ2v) is 5.43. The van der Waals surface area contributed by atoms with Crippen molar-refractivity contribution >= 4 is 22.8 Å². The summed E-state index contributed by atoms with van der Waals surface area (Å²) in [7, 11) is 3.99. The number of nitrogens with one attached hydrogen (secondary N) is 1. The van der Waals surface area contributed by atoms with Gasteiger partial charge in [-0.25, -0.2) is 4.68 Å². The number of nitrogens with two attached hydrogens (primary N) is 1. The van der Waals surface area contributed by atoms with Crippen LogP contribution in [0, 0.1) is 0 Å². The van der Waals surface area contributed by atoms with Crippen LogP contribution in [0.2, 0.25) is 0 Å². The van der Waals surface area contributed by atoms with Gasteiger partial charge in [-0.2, -0.15) is 15.1 Å². The van der Waals surface area contributed by atoms with Crippen molar-refractivity contribution in [1.82, 2.24) is 29.5 Å². The average molecular weight is 290 g/mol. The van der Waals surface area contributed by atoms with E-state index in [1.165, 1.54) is 0 Å². The molecule has 0 aromatic carbocycles. The average Bonchev–Trinajstić information content (AvgIpc) is 2.89. The van der Waals surface area contributed by atoms with Crippen LogP contribution in [0.4, 0.5) is 11.8 Å². The number of nitrogens with zero attached hydrogens (tertiary/aromatic N) is 6. The second kappa shape index (κ2) is 5.82. The van der Waals surface area contributed by atoms with E-state index in [1.807, 2.05) is 11.7 Å². The number of piperazine rings is 1. The predicted molar refractivity (Wildman–Crippen MR) is 83.2 cm³/mol. The summed E-state index contributed by atoms with van der Waals surface area (Å²) in [5.74, 6) is 0.997. The molecule has 114 valence electrons. The summed E-state index contributed by atoms with van der Waals surface area (Å²) in [6.07, 6.45) is 1.80. The Balaban J connectivity index is 1.74. The Bertz CT molecular complexity index is 614. The molecule has 21 heavy (non-hydrogen) atoms. The van der Waals surface area contributed by atoms with Crippen molar-refractivity contribution < 1.29 is 0 Å². The zero-order chi connectivity index (χ0) is 14.8. The molecule has 1 fully saturated rings. The van der Waals surface area contributed by atoms with Crippen LogP contribution < -0.4 is 11.1 Å². The molecule has 0 bridgehead atoms. The first kappa shape index (κ1) is 14.0. The van der Waals surface area contributed by atoms with Crippen LogP contribution in [0.25, 0.3) is 11.0 Å². The number of anilines is 2. The standard InChI is InChI=1S/C13H22N8/c1-15-11-10-9-16-21(12(10)18-13(14)17-11)8-7-20-5-3-19(2)4-6-20/h9H,3-8H2,1-2H3,(H3,14,15,17,18). The van der Waals surface area contributed by atoms with Gasteiger partial charge in [0, 0.05) is 39.8 Å². The Morgan fingerprint density at radius 3 is 2.67 bits per heavy atom. The summed E-state index contributed by atoms with van der Waals surface area (Å²) in [5.41, 5.74) is 6.56. The van der Waals surface area contributed by atoms with Gasteiger partial charge in [0.05, 0.1) is 18.1 Å². The van der Waals surface area contributed by atoms with Gasteiger partial charge in [-0.05, 0) is 7.05 Å². The Morgan fingerprint density at radius 1 is 1.19 bits per heavy atom. The van der Waals surface area contributed by atoms with Crippen molar-refractivity contribution in [2.45, 2.75) is 6.54 Å². The largest absolute Gasteiger partial charge is 0.372 e. The van der Waals surface area contributed by atoms with Crippen molar-refractivity contribution in [2.75, 3.05) is 57.9 Å². The number of rotatable bonds is 4. The summed E-state index contributed by atoms with van der Waals surface area (Å²) < 4.78 is 1.91. The normalized spacial score (nSPS) is 17.4. The summed E-state index contributed by atoms with van der Waals surface area (Å²) in [4.78, 5) is 13.3. The molecule has 1 aliphatic heterocycles. The number of aromatic nitrogens is 4. The van der Waals surface area contributed by atoms with Gasteiger partial charge < -0.3 is 16.0 Å². The van der Waals surface area contributed by atoms with Gasteiger partial charge in [0.25, 0.3) is 0 Å². The minimum absolute atomic E-state index is 0.271.